The Hall–Kier alpha value is -3.68. The predicted molar refractivity (Wildman–Crippen MR) is 131 cm³/mol. The number of nitrogens with one attached hydrogen (secondary N) is 2. The lowest BCUT2D eigenvalue weighted by atomic mass is 9.98. The Bertz CT molecular complexity index is 1150. The highest BCUT2D eigenvalue weighted by Crippen LogP contribution is 2.44. The van der Waals surface area contributed by atoms with Crippen LogP contribution in [0.15, 0.2) is 66.7 Å². The fourth-order valence-corrected chi connectivity index (χ4v) is 4.40. The molecule has 0 spiro atoms. The minimum absolute atomic E-state index is 0.0107. The molecule has 0 atom stereocenters. The van der Waals surface area contributed by atoms with Gasteiger partial charge in [0.15, 0.2) is 0 Å². The first-order valence-corrected chi connectivity index (χ1v) is 11.2. The van der Waals surface area contributed by atoms with Crippen LogP contribution in [0, 0.1) is 0 Å². The van der Waals surface area contributed by atoms with E-state index in [4.69, 9.17) is 4.74 Å². The molecule has 3 aromatic rings. The number of hydrogen-bond acceptors (Lipinski definition) is 5. The Balaban J connectivity index is 1.43. The van der Waals surface area contributed by atoms with E-state index in [1.54, 1.807) is 32.3 Å². The molecule has 0 radical (unpaired) electrons. The number of hydrogen-bond donors (Lipinski definition) is 3. The van der Waals surface area contributed by atoms with Crippen LogP contribution in [0.25, 0.3) is 11.1 Å². The van der Waals surface area contributed by atoms with Crippen LogP contribution in [-0.4, -0.2) is 49.3 Å². The zero-order valence-electron chi connectivity index (χ0n) is 19.4. The van der Waals surface area contributed by atoms with Crippen molar-refractivity contribution < 1.29 is 19.4 Å². The van der Waals surface area contributed by atoms with Crippen molar-refractivity contribution >= 4 is 17.7 Å². The highest BCUT2D eigenvalue weighted by atomic mass is 16.6. The van der Waals surface area contributed by atoms with Crippen molar-refractivity contribution in [3.8, 4) is 11.1 Å². The lowest BCUT2D eigenvalue weighted by molar-refractivity contribution is -0.115. The average Bonchev–Trinajstić information content (AvgIpc) is 3.16. The fraction of sp³-hybridized carbons (Fsp3) is 0.259. The summed E-state index contributed by atoms with van der Waals surface area (Å²) in [5.41, 5.74) is 6.70. The maximum absolute atomic E-state index is 12.8. The van der Waals surface area contributed by atoms with Crippen LogP contribution in [0.1, 0.15) is 28.2 Å². The molecule has 0 saturated carbocycles. The third-order valence-electron chi connectivity index (χ3n) is 6.05. The molecule has 1 aliphatic carbocycles. The minimum Gasteiger partial charge on any atom is -0.448 e. The van der Waals surface area contributed by atoms with Crippen molar-refractivity contribution in [1.82, 2.24) is 10.2 Å². The van der Waals surface area contributed by atoms with Gasteiger partial charge in [0.05, 0.1) is 13.2 Å². The number of carbonyl (C=O) groups is 2. The van der Waals surface area contributed by atoms with Crippen molar-refractivity contribution in [3.63, 3.8) is 0 Å². The van der Waals surface area contributed by atoms with E-state index >= 15 is 0 Å². The van der Waals surface area contributed by atoms with Gasteiger partial charge in [-0.3, -0.25) is 4.79 Å². The zero-order chi connectivity index (χ0) is 24.1. The quantitative estimate of drug-likeness (QED) is 0.478. The number of rotatable bonds is 8. The van der Waals surface area contributed by atoms with Gasteiger partial charge in [-0.15, -0.1) is 0 Å². The molecule has 2 amide bonds. The van der Waals surface area contributed by atoms with Crippen LogP contribution in [-0.2, 0) is 22.7 Å². The standard InChI is InChI=1S/C27H29N3O4/c1-28-14-26(32)29-20-12-11-18(16-31)19(13-20)15-30(2)27(33)34-17-25-23-9-5-3-7-21(23)22-8-4-6-10-24(22)25/h3-13,25,28,31H,14-17H2,1-2H3,(H,29,32). The summed E-state index contributed by atoms with van der Waals surface area (Å²) in [7, 11) is 3.36. The number of likely N-dealkylation sites (N-methyl/N-ethyl adjacent to an activating group) is 1. The van der Waals surface area contributed by atoms with Gasteiger partial charge in [-0.05, 0) is 52.6 Å². The molecule has 0 unspecified atom stereocenters. The molecule has 0 aromatic heterocycles. The van der Waals surface area contributed by atoms with E-state index in [9.17, 15) is 14.7 Å². The Morgan fingerprint density at radius 2 is 1.62 bits per heavy atom. The second kappa shape index (κ2) is 10.5. The topological polar surface area (TPSA) is 90.9 Å². The third-order valence-corrected chi connectivity index (χ3v) is 6.05. The van der Waals surface area contributed by atoms with Crippen LogP contribution in [0.2, 0.25) is 0 Å². The first kappa shape index (κ1) is 23.5. The van der Waals surface area contributed by atoms with Crippen LogP contribution in [0.5, 0.6) is 0 Å². The Morgan fingerprint density at radius 1 is 0.971 bits per heavy atom. The molecule has 0 fully saturated rings. The molecule has 0 saturated heterocycles. The maximum atomic E-state index is 12.8. The molecular weight excluding hydrogens is 430 g/mol. The Kier molecular flexibility index (Phi) is 7.25. The third kappa shape index (κ3) is 4.95. The number of aliphatic hydroxyl groups excluding tert-OH is 1. The van der Waals surface area contributed by atoms with Crippen LogP contribution >= 0.6 is 0 Å². The molecule has 0 bridgehead atoms. The predicted octanol–water partition coefficient (Wildman–Crippen LogP) is 3.72. The van der Waals surface area contributed by atoms with Crippen molar-refractivity contribution in [1.29, 1.82) is 0 Å². The van der Waals surface area contributed by atoms with Gasteiger partial charge in [0.2, 0.25) is 5.91 Å². The zero-order valence-corrected chi connectivity index (χ0v) is 19.4. The normalized spacial score (nSPS) is 12.1. The number of carbonyl (C=O) groups excluding carboxylic acids is 2. The van der Waals surface area contributed by atoms with Crippen LogP contribution < -0.4 is 10.6 Å². The summed E-state index contributed by atoms with van der Waals surface area (Å²) in [5, 5.41) is 15.3. The number of aliphatic hydroxyl groups is 1. The molecule has 7 nitrogen and oxygen atoms in total. The summed E-state index contributed by atoms with van der Waals surface area (Å²) in [6.07, 6.45) is -0.449. The molecular formula is C27H29N3O4. The van der Waals surface area contributed by atoms with Gasteiger partial charge in [-0.2, -0.15) is 0 Å². The van der Waals surface area contributed by atoms with Crippen molar-refractivity contribution in [2.75, 3.05) is 32.6 Å². The summed E-state index contributed by atoms with van der Waals surface area (Å²) in [6.45, 7) is 0.502. The van der Waals surface area contributed by atoms with E-state index in [0.29, 0.717) is 11.3 Å². The summed E-state index contributed by atoms with van der Waals surface area (Å²) < 4.78 is 5.72. The lowest BCUT2D eigenvalue weighted by Crippen LogP contribution is -2.29. The van der Waals surface area contributed by atoms with E-state index in [-0.39, 0.29) is 38.1 Å². The van der Waals surface area contributed by atoms with E-state index in [1.165, 1.54) is 16.0 Å². The van der Waals surface area contributed by atoms with Gasteiger partial charge in [-0.25, -0.2) is 4.79 Å². The smallest absolute Gasteiger partial charge is 0.409 e. The summed E-state index contributed by atoms with van der Waals surface area (Å²) in [6, 6.07) is 21.7. The fourth-order valence-electron chi connectivity index (χ4n) is 4.40. The van der Waals surface area contributed by atoms with Crippen LogP contribution in [0.4, 0.5) is 10.5 Å². The van der Waals surface area contributed by atoms with Crippen molar-refractivity contribution in [2.24, 2.45) is 0 Å². The SMILES string of the molecule is CNCC(=O)Nc1ccc(CO)c(CN(C)C(=O)OCC2c3ccccc3-c3ccccc32)c1. The number of nitrogens with zero attached hydrogens (tertiary/aromatic N) is 1. The molecule has 0 aliphatic heterocycles. The number of fused-ring (bicyclic) bond motifs is 3. The van der Waals surface area contributed by atoms with E-state index < -0.39 is 6.09 Å². The maximum Gasteiger partial charge on any atom is 0.409 e. The van der Waals surface area contributed by atoms with E-state index in [0.717, 1.165) is 16.7 Å². The monoisotopic (exact) mass is 459 g/mol. The van der Waals surface area contributed by atoms with Crippen LogP contribution in [0.3, 0.4) is 0 Å². The molecule has 0 heterocycles. The molecule has 7 heteroatoms. The number of benzene rings is 3. The van der Waals surface area contributed by atoms with Crippen molar-refractivity contribution in [2.45, 2.75) is 19.1 Å². The van der Waals surface area contributed by atoms with Gasteiger partial charge < -0.3 is 25.4 Å². The van der Waals surface area contributed by atoms with E-state index in [1.807, 2.05) is 24.3 Å². The highest BCUT2D eigenvalue weighted by Gasteiger charge is 2.29. The number of anilines is 1. The molecule has 1 aliphatic rings. The Morgan fingerprint density at radius 3 is 2.24 bits per heavy atom. The second-order valence-electron chi connectivity index (χ2n) is 8.38. The molecule has 34 heavy (non-hydrogen) atoms. The number of amides is 2. The minimum atomic E-state index is -0.449. The number of ether oxygens (including phenoxy) is 1. The summed E-state index contributed by atoms with van der Waals surface area (Å²) in [4.78, 5) is 26.2. The first-order chi connectivity index (χ1) is 16.5. The van der Waals surface area contributed by atoms with Gasteiger partial charge >= 0.3 is 6.09 Å². The molecule has 4 rings (SSSR count). The molecule has 176 valence electrons. The van der Waals surface area contributed by atoms with E-state index in [2.05, 4.69) is 34.9 Å². The highest BCUT2D eigenvalue weighted by molar-refractivity contribution is 5.92. The van der Waals surface area contributed by atoms with Gasteiger partial charge in [0.1, 0.15) is 6.61 Å². The van der Waals surface area contributed by atoms with Gasteiger partial charge in [0, 0.05) is 25.2 Å². The largest absolute Gasteiger partial charge is 0.448 e. The molecule has 3 aromatic carbocycles. The lowest BCUT2D eigenvalue weighted by Gasteiger charge is -2.21. The summed E-state index contributed by atoms with van der Waals surface area (Å²) in [5.74, 6) is -0.182. The Labute approximate surface area is 199 Å². The second-order valence-corrected chi connectivity index (χ2v) is 8.38. The molecule has 3 N–H and O–H groups in total. The summed E-state index contributed by atoms with van der Waals surface area (Å²) >= 11 is 0. The van der Waals surface area contributed by atoms with Gasteiger partial charge in [-0.1, -0.05) is 54.6 Å². The van der Waals surface area contributed by atoms with Crippen molar-refractivity contribution in [3.05, 3.63) is 89.0 Å². The average molecular weight is 460 g/mol. The van der Waals surface area contributed by atoms with Gasteiger partial charge in [0.25, 0.3) is 0 Å². The first-order valence-electron chi connectivity index (χ1n) is 11.2.